The van der Waals surface area contributed by atoms with E-state index in [4.69, 9.17) is 4.74 Å². The summed E-state index contributed by atoms with van der Waals surface area (Å²) in [7, 11) is 1.41. The van der Waals surface area contributed by atoms with E-state index in [9.17, 15) is 9.90 Å². The van der Waals surface area contributed by atoms with E-state index in [1.165, 1.54) is 7.11 Å². The predicted octanol–water partition coefficient (Wildman–Crippen LogP) is 0.785. The molecular weight excluding hydrogens is 194 g/mol. The number of carbonyl (C=O) groups is 1. The number of likely N-dealkylation sites (tertiary alicyclic amines) is 1. The molecule has 4 heteroatoms. The molecule has 1 aliphatic heterocycles. The highest BCUT2D eigenvalue weighted by atomic mass is 16.5. The quantitative estimate of drug-likeness (QED) is 0.707. The molecule has 0 aromatic rings. The zero-order valence-electron chi connectivity index (χ0n) is 10.0. The molecule has 88 valence electrons. The van der Waals surface area contributed by atoms with Crippen LogP contribution in [0.1, 0.15) is 33.6 Å². The summed E-state index contributed by atoms with van der Waals surface area (Å²) in [5, 5.41) is 9.77. The number of nitrogens with zero attached hydrogens (tertiary/aromatic N) is 1. The summed E-state index contributed by atoms with van der Waals surface area (Å²) in [4.78, 5) is 13.7. The van der Waals surface area contributed by atoms with Gasteiger partial charge in [-0.3, -0.25) is 9.69 Å². The fourth-order valence-corrected chi connectivity index (χ4v) is 2.19. The van der Waals surface area contributed by atoms with Crippen LogP contribution in [0.4, 0.5) is 0 Å². The molecular formula is C11H21NO3. The molecule has 0 bridgehead atoms. The maximum Gasteiger partial charge on any atom is 0.325 e. The summed E-state index contributed by atoms with van der Waals surface area (Å²) in [5.41, 5.74) is -1.34. The monoisotopic (exact) mass is 215 g/mol. The molecule has 1 atom stereocenters. The molecule has 1 N–H and O–H groups in total. The van der Waals surface area contributed by atoms with E-state index in [0.717, 1.165) is 19.4 Å². The molecule has 1 aliphatic rings. The molecule has 0 radical (unpaired) electrons. The number of β-amino-alcohol motifs (C(OH)–C–C–N with tert-alkyl or cyclic N) is 1. The molecule has 0 spiro atoms. The van der Waals surface area contributed by atoms with Crippen LogP contribution in [0.5, 0.6) is 0 Å². The molecule has 1 saturated heterocycles. The van der Waals surface area contributed by atoms with Crippen LogP contribution in [-0.2, 0) is 9.53 Å². The summed E-state index contributed by atoms with van der Waals surface area (Å²) < 4.78 is 4.82. The van der Waals surface area contributed by atoms with Crippen molar-refractivity contribution in [2.45, 2.75) is 44.8 Å². The number of ether oxygens (including phenoxy) is 1. The summed E-state index contributed by atoms with van der Waals surface area (Å²) in [6.45, 7) is 6.73. The molecule has 0 aliphatic carbocycles. The third-order valence-corrected chi connectivity index (χ3v) is 2.99. The summed E-state index contributed by atoms with van der Waals surface area (Å²) in [5.74, 6) is -0.204. The summed E-state index contributed by atoms with van der Waals surface area (Å²) >= 11 is 0. The standard InChI is InChI=1S/C11H21NO3/c1-10(2,14)8-12-7-5-6-11(12,3)9(13)15-4/h14H,5-8H2,1-4H3. The predicted molar refractivity (Wildman–Crippen MR) is 57.5 cm³/mol. The summed E-state index contributed by atoms with van der Waals surface area (Å²) in [6, 6.07) is 0. The lowest BCUT2D eigenvalue weighted by molar-refractivity contribution is -0.153. The van der Waals surface area contributed by atoms with Crippen molar-refractivity contribution in [2.24, 2.45) is 0 Å². The van der Waals surface area contributed by atoms with Gasteiger partial charge in [0.2, 0.25) is 0 Å². The van der Waals surface area contributed by atoms with Crippen LogP contribution in [0.3, 0.4) is 0 Å². The first-order valence-electron chi connectivity index (χ1n) is 5.35. The van der Waals surface area contributed by atoms with Crippen molar-refractivity contribution in [2.75, 3.05) is 20.2 Å². The molecule has 0 saturated carbocycles. The van der Waals surface area contributed by atoms with E-state index < -0.39 is 11.1 Å². The van der Waals surface area contributed by atoms with Gasteiger partial charge in [-0.1, -0.05) is 0 Å². The third kappa shape index (κ3) is 2.69. The van der Waals surface area contributed by atoms with Gasteiger partial charge in [-0.25, -0.2) is 0 Å². The summed E-state index contributed by atoms with van der Waals surface area (Å²) in [6.07, 6.45) is 1.78. The van der Waals surface area contributed by atoms with Crippen LogP contribution in [0, 0.1) is 0 Å². The second-order valence-electron chi connectivity index (χ2n) is 5.10. The van der Waals surface area contributed by atoms with Gasteiger partial charge in [0.25, 0.3) is 0 Å². The first-order chi connectivity index (χ1) is 6.79. The van der Waals surface area contributed by atoms with E-state index >= 15 is 0 Å². The maximum atomic E-state index is 11.7. The first kappa shape index (κ1) is 12.5. The Labute approximate surface area is 91.2 Å². The molecule has 15 heavy (non-hydrogen) atoms. The van der Waals surface area contributed by atoms with Gasteiger partial charge >= 0.3 is 5.97 Å². The molecule has 0 aromatic carbocycles. The van der Waals surface area contributed by atoms with Crippen molar-refractivity contribution in [1.82, 2.24) is 4.90 Å². The molecule has 4 nitrogen and oxygen atoms in total. The molecule has 1 fully saturated rings. The number of aliphatic hydroxyl groups is 1. The van der Waals surface area contributed by atoms with Gasteiger partial charge in [-0.15, -0.1) is 0 Å². The van der Waals surface area contributed by atoms with Crippen LogP contribution >= 0.6 is 0 Å². The smallest absolute Gasteiger partial charge is 0.325 e. The van der Waals surface area contributed by atoms with Crippen LogP contribution in [-0.4, -0.2) is 47.3 Å². The highest BCUT2D eigenvalue weighted by Crippen LogP contribution is 2.31. The molecule has 1 heterocycles. The van der Waals surface area contributed by atoms with E-state index in [1.807, 2.05) is 11.8 Å². The Morgan fingerprint density at radius 1 is 1.60 bits per heavy atom. The topological polar surface area (TPSA) is 49.8 Å². The van der Waals surface area contributed by atoms with Gasteiger partial charge in [0.1, 0.15) is 5.54 Å². The van der Waals surface area contributed by atoms with Crippen LogP contribution in [0.15, 0.2) is 0 Å². The van der Waals surface area contributed by atoms with Crippen molar-refractivity contribution >= 4 is 5.97 Å². The van der Waals surface area contributed by atoms with Crippen LogP contribution in [0.25, 0.3) is 0 Å². The normalized spacial score (nSPS) is 28.1. The van der Waals surface area contributed by atoms with Crippen molar-refractivity contribution in [3.8, 4) is 0 Å². The lowest BCUT2D eigenvalue weighted by Crippen LogP contribution is -2.53. The second kappa shape index (κ2) is 4.10. The maximum absolute atomic E-state index is 11.7. The van der Waals surface area contributed by atoms with Gasteiger partial charge in [0.15, 0.2) is 0 Å². The second-order valence-corrected chi connectivity index (χ2v) is 5.10. The average Bonchev–Trinajstić information content (AvgIpc) is 2.45. The largest absolute Gasteiger partial charge is 0.468 e. The van der Waals surface area contributed by atoms with E-state index in [1.54, 1.807) is 13.8 Å². The van der Waals surface area contributed by atoms with Gasteiger partial charge in [-0.2, -0.15) is 0 Å². The Morgan fingerprint density at radius 3 is 2.67 bits per heavy atom. The Kier molecular flexibility index (Phi) is 3.41. The molecule has 1 rings (SSSR count). The third-order valence-electron chi connectivity index (χ3n) is 2.99. The van der Waals surface area contributed by atoms with Crippen molar-refractivity contribution in [1.29, 1.82) is 0 Å². The molecule has 1 unspecified atom stereocenters. The number of methoxy groups -OCH3 is 1. The van der Waals surface area contributed by atoms with E-state index in [-0.39, 0.29) is 5.97 Å². The number of carbonyl (C=O) groups excluding carboxylic acids is 1. The van der Waals surface area contributed by atoms with Gasteiger partial charge in [0.05, 0.1) is 12.7 Å². The minimum atomic E-state index is -0.778. The van der Waals surface area contributed by atoms with Gasteiger partial charge < -0.3 is 9.84 Å². The Hall–Kier alpha value is -0.610. The Morgan fingerprint density at radius 2 is 2.20 bits per heavy atom. The van der Waals surface area contributed by atoms with E-state index in [2.05, 4.69) is 0 Å². The molecule has 0 aromatic heterocycles. The lowest BCUT2D eigenvalue weighted by Gasteiger charge is -2.36. The minimum absolute atomic E-state index is 0.204. The van der Waals surface area contributed by atoms with Crippen molar-refractivity contribution in [3.05, 3.63) is 0 Å². The number of esters is 1. The van der Waals surface area contributed by atoms with Crippen molar-refractivity contribution in [3.63, 3.8) is 0 Å². The fraction of sp³-hybridized carbons (Fsp3) is 0.909. The zero-order valence-corrected chi connectivity index (χ0v) is 10.0. The number of hydrogen-bond donors (Lipinski definition) is 1. The Bertz CT molecular complexity index is 247. The Balaban J connectivity index is 2.76. The number of rotatable bonds is 3. The van der Waals surface area contributed by atoms with E-state index in [0.29, 0.717) is 6.54 Å². The zero-order chi connectivity index (χ0) is 11.7. The SMILES string of the molecule is COC(=O)C1(C)CCCN1CC(C)(C)O. The van der Waals surface area contributed by atoms with Gasteiger partial charge in [-0.05, 0) is 40.2 Å². The minimum Gasteiger partial charge on any atom is -0.468 e. The van der Waals surface area contributed by atoms with Crippen LogP contribution in [0.2, 0.25) is 0 Å². The average molecular weight is 215 g/mol. The highest BCUT2D eigenvalue weighted by molar-refractivity contribution is 5.80. The first-order valence-corrected chi connectivity index (χ1v) is 5.35. The highest BCUT2D eigenvalue weighted by Gasteiger charge is 2.45. The van der Waals surface area contributed by atoms with Crippen molar-refractivity contribution < 1.29 is 14.6 Å². The van der Waals surface area contributed by atoms with Gasteiger partial charge in [0, 0.05) is 6.54 Å². The molecule has 0 amide bonds. The number of hydrogen-bond acceptors (Lipinski definition) is 4. The fourth-order valence-electron chi connectivity index (χ4n) is 2.19. The lowest BCUT2D eigenvalue weighted by atomic mass is 9.97. The van der Waals surface area contributed by atoms with Crippen LogP contribution < -0.4 is 0 Å².